The van der Waals surface area contributed by atoms with E-state index in [9.17, 15) is 4.21 Å². The number of aryl methyl sites for hydroxylation is 1. The van der Waals surface area contributed by atoms with Gasteiger partial charge in [0.15, 0.2) is 11.1 Å². The highest BCUT2D eigenvalue weighted by Gasteiger charge is 2.33. The first-order valence-electron chi connectivity index (χ1n) is 12.3. The summed E-state index contributed by atoms with van der Waals surface area (Å²) in [6, 6.07) is 15.9. The number of halogens is 1. The number of thiophene rings is 1. The molecule has 38 heavy (non-hydrogen) atoms. The van der Waals surface area contributed by atoms with Gasteiger partial charge < -0.3 is 15.1 Å². The normalized spacial score (nSPS) is 17.2. The third-order valence-electron chi connectivity index (χ3n) is 6.54. The number of rotatable bonds is 9. The van der Waals surface area contributed by atoms with E-state index in [2.05, 4.69) is 26.9 Å². The van der Waals surface area contributed by atoms with Crippen molar-refractivity contribution in [3.8, 4) is 5.75 Å². The Morgan fingerprint density at radius 1 is 1.24 bits per heavy atom. The van der Waals surface area contributed by atoms with Crippen molar-refractivity contribution in [1.82, 2.24) is 20.4 Å². The summed E-state index contributed by atoms with van der Waals surface area (Å²) < 4.78 is 22.4. The Bertz CT molecular complexity index is 1530. The summed E-state index contributed by atoms with van der Waals surface area (Å²) in [7, 11) is 0. The topological polar surface area (TPSA) is 88.6 Å². The number of nitrogens with zero attached hydrogens (tertiary/aromatic N) is 3. The fourth-order valence-corrected chi connectivity index (χ4v) is 6.60. The van der Waals surface area contributed by atoms with Gasteiger partial charge >= 0.3 is 0 Å². The molecular weight excluding hydrogens is 542 g/mol. The Balaban J connectivity index is 1.22. The monoisotopic (exact) mass is 567 g/mol. The van der Waals surface area contributed by atoms with Crippen LogP contribution in [0.15, 0.2) is 61.1 Å². The van der Waals surface area contributed by atoms with Crippen molar-refractivity contribution in [2.75, 3.05) is 24.7 Å². The van der Waals surface area contributed by atoms with Crippen molar-refractivity contribution in [1.29, 1.82) is 0 Å². The van der Waals surface area contributed by atoms with Crippen molar-refractivity contribution in [2.45, 2.75) is 25.5 Å². The van der Waals surface area contributed by atoms with Gasteiger partial charge in [-0.3, -0.25) is 4.18 Å². The lowest BCUT2D eigenvalue weighted by atomic mass is 9.90. The van der Waals surface area contributed by atoms with Crippen LogP contribution in [0.2, 0.25) is 5.02 Å². The number of benzene rings is 2. The van der Waals surface area contributed by atoms with Gasteiger partial charge in [-0.05, 0) is 42.2 Å². The average molecular weight is 568 g/mol. The van der Waals surface area contributed by atoms with Crippen molar-refractivity contribution in [2.24, 2.45) is 0 Å². The summed E-state index contributed by atoms with van der Waals surface area (Å²) in [6.07, 6.45) is 7.15. The Labute approximate surface area is 232 Å². The first-order chi connectivity index (χ1) is 18.5. The molecule has 0 radical (unpaired) electrons. The molecule has 0 saturated carbocycles. The number of fused-ring (bicyclic) bond motifs is 5. The second-order valence-electron chi connectivity index (χ2n) is 9.08. The van der Waals surface area contributed by atoms with Gasteiger partial charge in [-0.2, -0.15) is 0 Å². The van der Waals surface area contributed by atoms with Crippen molar-refractivity contribution in [3.05, 3.63) is 82.1 Å². The second-order valence-corrected chi connectivity index (χ2v) is 11.5. The first-order valence-corrected chi connectivity index (χ1v) is 14.9. The molecule has 11 heteroatoms. The molecule has 2 atom stereocenters. The minimum absolute atomic E-state index is 0.245. The van der Waals surface area contributed by atoms with Crippen LogP contribution < -0.4 is 15.5 Å². The Morgan fingerprint density at radius 2 is 2.11 bits per heavy atom. The van der Waals surface area contributed by atoms with Crippen LogP contribution in [-0.4, -0.2) is 44.6 Å². The minimum atomic E-state index is -1.26. The van der Waals surface area contributed by atoms with E-state index in [1.165, 1.54) is 22.3 Å². The molecule has 1 aliphatic heterocycles. The number of ether oxygens (including phenoxy) is 1. The van der Waals surface area contributed by atoms with E-state index in [1.807, 2.05) is 53.5 Å². The average Bonchev–Trinajstić information content (AvgIpc) is 3.50. The van der Waals surface area contributed by atoms with Gasteiger partial charge in [0.2, 0.25) is 0 Å². The molecule has 196 valence electrons. The molecule has 6 rings (SSSR count). The van der Waals surface area contributed by atoms with Gasteiger partial charge in [-0.25, -0.2) is 19.6 Å². The maximum Gasteiger partial charge on any atom is 0.152 e. The summed E-state index contributed by atoms with van der Waals surface area (Å²) >= 11 is 6.99. The number of nitrogens with one attached hydrogen (secondary N) is 2. The number of anilines is 2. The zero-order chi connectivity index (χ0) is 26.1. The molecular formula is C27H26ClN5O3S2. The number of hydrogen-bond donors (Lipinski definition) is 2. The van der Waals surface area contributed by atoms with E-state index >= 15 is 0 Å². The molecule has 4 aromatic rings. The second kappa shape index (κ2) is 11.0. The molecule has 3 heterocycles. The predicted molar refractivity (Wildman–Crippen MR) is 153 cm³/mol. The summed E-state index contributed by atoms with van der Waals surface area (Å²) in [5.41, 5.74) is 7.96. The summed E-state index contributed by atoms with van der Waals surface area (Å²) in [4.78, 5) is 11.4. The third-order valence-corrected chi connectivity index (χ3v) is 8.52. The van der Waals surface area contributed by atoms with Crippen molar-refractivity contribution < 1.29 is 13.1 Å². The largest absolute Gasteiger partial charge is 0.487 e. The zero-order valence-corrected chi connectivity index (χ0v) is 23.0. The fourth-order valence-electron chi connectivity index (χ4n) is 4.80. The molecule has 0 bridgehead atoms. The van der Waals surface area contributed by atoms with E-state index in [4.69, 9.17) is 20.5 Å². The molecule has 0 spiro atoms. The lowest BCUT2D eigenvalue weighted by Crippen LogP contribution is -2.38. The van der Waals surface area contributed by atoms with Gasteiger partial charge in [0.25, 0.3) is 0 Å². The van der Waals surface area contributed by atoms with Gasteiger partial charge in [-0.1, -0.05) is 41.9 Å². The molecule has 2 unspecified atom stereocenters. The summed E-state index contributed by atoms with van der Waals surface area (Å²) in [6.45, 7) is 1.47. The van der Waals surface area contributed by atoms with Crippen LogP contribution in [0.3, 0.4) is 0 Å². The SMILES string of the molecule is CS(=O)OCCN1C=C2c3sc4ncnc(Nc5ccc(OCc6ccccc6)c(Cl)c5)c4c3CCC2N1. The highest BCUT2D eigenvalue weighted by Crippen LogP contribution is 2.45. The molecule has 2 aromatic carbocycles. The molecule has 0 saturated heterocycles. The molecule has 8 nitrogen and oxygen atoms in total. The minimum Gasteiger partial charge on any atom is -0.487 e. The van der Waals surface area contributed by atoms with Gasteiger partial charge in [0, 0.05) is 28.6 Å². The van der Waals surface area contributed by atoms with E-state index in [0.717, 1.165) is 40.1 Å². The van der Waals surface area contributed by atoms with Crippen LogP contribution in [0.4, 0.5) is 11.5 Å². The van der Waals surface area contributed by atoms with Crippen LogP contribution in [0.1, 0.15) is 22.4 Å². The molecule has 2 aromatic heterocycles. The van der Waals surface area contributed by atoms with Gasteiger partial charge in [-0.15, -0.1) is 11.3 Å². The number of aromatic nitrogens is 2. The quantitative estimate of drug-likeness (QED) is 0.276. The Hall–Kier alpha value is -3.02. The fraction of sp³-hybridized carbons (Fsp3) is 0.259. The maximum absolute atomic E-state index is 11.2. The standard InChI is InChI=1S/C27H26ClN5O3S2/c1-38(34)36-12-11-33-14-20-22(32-33)9-8-19-24-26(29-16-30-27(24)37-25(19)20)31-18-7-10-23(21(28)13-18)35-15-17-5-3-2-4-6-17/h2-7,10,13-14,16,22,32H,8-9,11-12,15H2,1H3,(H,29,30,31). The maximum atomic E-state index is 11.2. The Kier molecular flexibility index (Phi) is 7.31. The highest BCUT2D eigenvalue weighted by atomic mass is 35.5. The smallest absolute Gasteiger partial charge is 0.152 e. The first kappa shape index (κ1) is 25.3. The highest BCUT2D eigenvalue weighted by molar-refractivity contribution is 7.79. The summed E-state index contributed by atoms with van der Waals surface area (Å²) in [5, 5.41) is 7.07. The molecule has 2 N–H and O–H groups in total. The van der Waals surface area contributed by atoms with Gasteiger partial charge in [0.1, 0.15) is 29.3 Å². The summed E-state index contributed by atoms with van der Waals surface area (Å²) in [5.74, 6) is 1.40. The van der Waals surface area contributed by atoms with Crippen LogP contribution >= 0.6 is 22.9 Å². The number of hydrogen-bond acceptors (Lipinski definition) is 9. The molecule has 0 fully saturated rings. The van der Waals surface area contributed by atoms with E-state index in [0.29, 0.717) is 30.5 Å². The van der Waals surface area contributed by atoms with Crippen LogP contribution in [0.25, 0.3) is 15.8 Å². The number of hydrazine groups is 1. The third kappa shape index (κ3) is 5.27. The van der Waals surface area contributed by atoms with Crippen molar-refractivity contribution in [3.63, 3.8) is 0 Å². The van der Waals surface area contributed by atoms with Crippen LogP contribution in [-0.2, 0) is 28.3 Å². The predicted octanol–water partition coefficient (Wildman–Crippen LogP) is 5.45. The molecule has 1 aliphatic carbocycles. The van der Waals surface area contributed by atoms with Crippen LogP contribution in [0.5, 0.6) is 5.75 Å². The molecule has 0 amide bonds. The van der Waals surface area contributed by atoms with E-state index in [1.54, 1.807) is 17.7 Å². The van der Waals surface area contributed by atoms with E-state index < -0.39 is 11.1 Å². The van der Waals surface area contributed by atoms with Crippen molar-refractivity contribution >= 4 is 61.3 Å². The van der Waals surface area contributed by atoms with E-state index in [-0.39, 0.29) is 6.04 Å². The zero-order valence-electron chi connectivity index (χ0n) is 20.6. The Morgan fingerprint density at radius 3 is 2.92 bits per heavy atom. The van der Waals surface area contributed by atoms with Gasteiger partial charge in [0.05, 0.1) is 29.6 Å². The lowest BCUT2D eigenvalue weighted by Gasteiger charge is -2.23. The van der Waals surface area contributed by atoms with Crippen LogP contribution in [0, 0.1) is 0 Å². The molecule has 2 aliphatic rings. The lowest BCUT2D eigenvalue weighted by molar-refractivity contribution is 0.219.